The van der Waals surface area contributed by atoms with Gasteiger partial charge in [-0.15, -0.1) is 0 Å². The summed E-state index contributed by atoms with van der Waals surface area (Å²) < 4.78 is 0. The van der Waals surface area contributed by atoms with Crippen molar-refractivity contribution in [2.75, 3.05) is 6.54 Å². The van der Waals surface area contributed by atoms with Crippen molar-refractivity contribution >= 4 is 0 Å². The molecule has 108 valence electrons. The molecule has 0 aliphatic carbocycles. The van der Waals surface area contributed by atoms with E-state index in [9.17, 15) is 0 Å². The molecule has 0 aromatic heterocycles. The number of nitrogens with one attached hydrogen (secondary N) is 1. The van der Waals surface area contributed by atoms with Gasteiger partial charge in [0, 0.05) is 12.6 Å². The second-order valence-corrected chi connectivity index (χ2v) is 6.68. The van der Waals surface area contributed by atoms with Crippen LogP contribution in [0.2, 0.25) is 0 Å². The van der Waals surface area contributed by atoms with Crippen LogP contribution in [-0.2, 0) is 0 Å². The number of hydrogen-bond donors (Lipinski definition) is 1. The Labute approximate surface area is 119 Å². The molecule has 0 fully saturated rings. The SMILES string of the molecule is CC(C)CC(CC(C)C)NCC(C)c1ccccc1. The van der Waals surface area contributed by atoms with Gasteiger partial charge >= 0.3 is 0 Å². The Morgan fingerprint density at radius 2 is 1.37 bits per heavy atom. The molecule has 1 rings (SSSR count). The molecular formula is C18H31N. The van der Waals surface area contributed by atoms with E-state index in [-0.39, 0.29) is 0 Å². The van der Waals surface area contributed by atoms with Gasteiger partial charge in [-0.3, -0.25) is 0 Å². The molecule has 0 aliphatic rings. The highest BCUT2D eigenvalue weighted by atomic mass is 14.9. The normalized spacial score (nSPS) is 13.5. The zero-order valence-electron chi connectivity index (χ0n) is 13.3. The van der Waals surface area contributed by atoms with E-state index < -0.39 is 0 Å². The van der Waals surface area contributed by atoms with Crippen LogP contribution >= 0.6 is 0 Å². The van der Waals surface area contributed by atoms with Gasteiger partial charge in [-0.25, -0.2) is 0 Å². The van der Waals surface area contributed by atoms with E-state index in [0.717, 1.165) is 18.4 Å². The van der Waals surface area contributed by atoms with Gasteiger partial charge in [0.25, 0.3) is 0 Å². The minimum atomic E-state index is 0.586. The first-order chi connectivity index (χ1) is 8.99. The highest BCUT2D eigenvalue weighted by Crippen LogP contribution is 2.17. The molecule has 1 aromatic carbocycles. The van der Waals surface area contributed by atoms with Crippen LogP contribution in [0.15, 0.2) is 30.3 Å². The summed E-state index contributed by atoms with van der Waals surface area (Å²) in [5.41, 5.74) is 1.43. The van der Waals surface area contributed by atoms with Gasteiger partial charge in [-0.1, -0.05) is 65.0 Å². The zero-order chi connectivity index (χ0) is 14.3. The van der Waals surface area contributed by atoms with Crippen LogP contribution in [0, 0.1) is 11.8 Å². The summed E-state index contributed by atoms with van der Waals surface area (Å²) in [7, 11) is 0. The largest absolute Gasteiger partial charge is 0.313 e. The lowest BCUT2D eigenvalue weighted by atomic mass is 9.94. The lowest BCUT2D eigenvalue weighted by Gasteiger charge is -2.24. The first kappa shape index (κ1) is 16.2. The molecule has 0 radical (unpaired) electrons. The monoisotopic (exact) mass is 261 g/mol. The van der Waals surface area contributed by atoms with Gasteiger partial charge in [-0.05, 0) is 36.2 Å². The Bertz CT molecular complexity index is 319. The van der Waals surface area contributed by atoms with Crippen LogP contribution in [0.5, 0.6) is 0 Å². The molecule has 1 aromatic rings. The molecule has 0 bridgehead atoms. The second kappa shape index (κ2) is 8.37. The van der Waals surface area contributed by atoms with Gasteiger partial charge in [-0.2, -0.15) is 0 Å². The van der Waals surface area contributed by atoms with Crippen molar-refractivity contribution in [1.82, 2.24) is 5.32 Å². The third kappa shape index (κ3) is 6.77. The number of hydrogen-bond acceptors (Lipinski definition) is 1. The van der Waals surface area contributed by atoms with Crippen molar-refractivity contribution in [2.24, 2.45) is 11.8 Å². The summed E-state index contributed by atoms with van der Waals surface area (Å²) in [4.78, 5) is 0. The molecule has 1 unspecified atom stereocenters. The summed E-state index contributed by atoms with van der Waals surface area (Å²) in [5, 5.41) is 3.78. The fourth-order valence-electron chi connectivity index (χ4n) is 2.64. The molecule has 0 heterocycles. The third-order valence-corrected chi connectivity index (χ3v) is 3.59. The minimum Gasteiger partial charge on any atom is -0.313 e. The lowest BCUT2D eigenvalue weighted by molar-refractivity contribution is 0.354. The summed E-state index contributed by atoms with van der Waals surface area (Å²) in [6.07, 6.45) is 2.55. The Morgan fingerprint density at radius 3 is 1.84 bits per heavy atom. The molecule has 1 nitrogen and oxygen atoms in total. The van der Waals surface area contributed by atoms with E-state index in [1.165, 1.54) is 18.4 Å². The van der Waals surface area contributed by atoms with Crippen molar-refractivity contribution in [3.05, 3.63) is 35.9 Å². The molecular weight excluding hydrogens is 230 g/mol. The van der Waals surface area contributed by atoms with E-state index >= 15 is 0 Å². The average molecular weight is 261 g/mol. The molecule has 1 heteroatoms. The number of benzene rings is 1. The van der Waals surface area contributed by atoms with E-state index in [2.05, 4.69) is 70.3 Å². The summed E-state index contributed by atoms with van der Waals surface area (Å²) >= 11 is 0. The maximum atomic E-state index is 3.78. The van der Waals surface area contributed by atoms with Crippen LogP contribution in [-0.4, -0.2) is 12.6 Å². The molecule has 19 heavy (non-hydrogen) atoms. The Kier molecular flexibility index (Phi) is 7.15. The maximum absolute atomic E-state index is 3.78. The molecule has 0 saturated carbocycles. The topological polar surface area (TPSA) is 12.0 Å². The fourth-order valence-corrected chi connectivity index (χ4v) is 2.64. The van der Waals surface area contributed by atoms with Gasteiger partial charge < -0.3 is 5.32 Å². The first-order valence-corrected chi connectivity index (χ1v) is 7.77. The summed E-state index contributed by atoms with van der Waals surface area (Å²) in [6, 6.07) is 11.5. The van der Waals surface area contributed by atoms with Crippen LogP contribution in [0.3, 0.4) is 0 Å². The Hall–Kier alpha value is -0.820. The third-order valence-electron chi connectivity index (χ3n) is 3.59. The standard InChI is InChI=1S/C18H31N/c1-14(2)11-18(12-15(3)4)19-13-16(5)17-9-7-6-8-10-17/h6-10,14-16,18-19H,11-13H2,1-5H3. The van der Waals surface area contributed by atoms with Crippen molar-refractivity contribution in [3.63, 3.8) is 0 Å². The van der Waals surface area contributed by atoms with Crippen LogP contribution < -0.4 is 5.32 Å². The van der Waals surface area contributed by atoms with Gasteiger partial charge in [0.15, 0.2) is 0 Å². The second-order valence-electron chi connectivity index (χ2n) is 6.68. The highest BCUT2D eigenvalue weighted by Gasteiger charge is 2.14. The summed E-state index contributed by atoms with van der Waals surface area (Å²) in [6.45, 7) is 12.6. The van der Waals surface area contributed by atoms with Gasteiger partial charge in [0.1, 0.15) is 0 Å². The van der Waals surface area contributed by atoms with Crippen molar-refractivity contribution in [1.29, 1.82) is 0 Å². The smallest absolute Gasteiger partial charge is 0.00721 e. The molecule has 0 aliphatic heterocycles. The van der Waals surface area contributed by atoms with Gasteiger partial charge in [0.2, 0.25) is 0 Å². The van der Waals surface area contributed by atoms with Crippen molar-refractivity contribution in [2.45, 2.75) is 59.4 Å². The fraction of sp³-hybridized carbons (Fsp3) is 0.667. The molecule has 0 saturated heterocycles. The van der Waals surface area contributed by atoms with Crippen molar-refractivity contribution in [3.8, 4) is 0 Å². The van der Waals surface area contributed by atoms with E-state index in [1.54, 1.807) is 0 Å². The summed E-state index contributed by atoms with van der Waals surface area (Å²) in [5.74, 6) is 2.12. The Balaban J connectivity index is 2.46. The number of rotatable bonds is 8. The predicted octanol–water partition coefficient (Wildman–Crippen LogP) is 4.84. The lowest BCUT2D eigenvalue weighted by Crippen LogP contribution is -2.34. The van der Waals surface area contributed by atoms with Crippen LogP contribution in [0.25, 0.3) is 0 Å². The molecule has 0 amide bonds. The molecule has 0 spiro atoms. The maximum Gasteiger partial charge on any atom is 0.00721 e. The van der Waals surface area contributed by atoms with Crippen LogP contribution in [0.1, 0.15) is 58.9 Å². The quantitative estimate of drug-likeness (QED) is 0.706. The van der Waals surface area contributed by atoms with E-state index in [0.29, 0.717) is 12.0 Å². The van der Waals surface area contributed by atoms with E-state index in [4.69, 9.17) is 0 Å². The zero-order valence-corrected chi connectivity index (χ0v) is 13.3. The first-order valence-electron chi connectivity index (χ1n) is 7.77. The average Bonchev–Trinajstić information content (AvgIpc) is 2.35. The molecule has 1 atom stereocenters. The Morgan fingerprint density at radius 1 is 0.842 bits per heavy atom. The molecule has 1 N–H and O–H groups in total. The minimum absolute atomic E-state index is 0.586. The predicted molar refractivity (Wildman–Crippen MR) is 85.6 cm³/mol. The van der Waals surface area contributed by atoms with E-state index in [1.807, 2.05) is 0 Å². The highest BCUT2D eigenvalue weighted by molar-refractivity contribution is 5.18. The van der Waals surface area contributed by atoms with Gasteiger partial charge in [0.05, 0.1) is 0 Å². The van der Waals surface area contributed by atoms with Crippen molar-refractivity contribution < 1.29 is 0 Å². The van der Waals surface area contributed by atoms with Crippen LogP contribution in [0.4, 0.5) is 0 Å².